The number of methoxy groups -OCH3 is 2. The van der Waals surface area contributed by atoms with Gasteiger partial charge in [0, 0.05) is 21.9 Å². The van der Waals surface area contributed by atoms with E-state index in [1.165, 1.54) is 17.4 Å². The van der Waals surface area contributed by atoms with Gasteiger partial charge in [-0.3, -0.25) is 0 Å². The van der Waals surface area contributed by atoms with E-state index in [1.54, 1.807) is 31.6 Å². The third kappa shape index (κ3) is 4.50. The lowest BCUT2D eigenvalue weighted by atomic mass is 10.2. The Hall–Kier alpha value is -2.64. The number of esters is 1. The van der Waals surface area contributed by atoms with Crippen molar-refractivity contribution in [3.63, 3.8) is 0 Å². The van der Waals surface area contributed by atoms with Crippen LogP contribution in [0.1, 0.15) is 10.6 Å². The lowest BCUT2D eigenvalue weighted by molar-refractivity contribution is -0.139. The summed E-state index contributed by atoms with van der Waals surface area (Å²) in [5, 5.41) is 4.66. The Morgan fingerprint density at radius 2 is 2.00 bits per heavy atom. The number of benzene rings is 1. The Bertz CT molecular complexity index is 900. The maximum Gasteiger partial charge on any atom is 0.331 e. The minimum Gasteiger partial charge on any atom is -0.493 e. The molecule has 3 aromatic rings. The monoisotopic (exact) mass is 387 g/mol. The number of thiophene rings is 1. The normalized spacial score (nSPS) is 10.8. The molecule has 0 fully saturated rings. The summed E-state index contributed by atoms with van der Waals surface area (Å²) in [6, 6.07) is 9.49. The number of aromatic nitrogens is 1. The lowest BCUT2D eigenvalue weighted by Gasteiger charge is -2.08. The van der Waals surface area contributed by atoms with Crippen LogP contribution < -0.4 is 9.47 Å². The summed E-state index contributed by atoms with van der Waals surface area (Å²) < 4.78 is 15.8. The quantitative estimate of drug-likeness (QED) is 0.436. The molecule has 0 radical (unpaired) electrons. The molecule has 5 nitrogen and oxygen atoms in total. The number of carbonyl (C=O) groups excluding carboxylic acids is 1. The fourth-order valence-corrected chi connectivity index (χ4v) is 3.62. The van der Waals surface area contributed by atoms with Crippen LogP contribution in [0.15, 0.2) is 47.2 Å². The van der Waals surface area contributed by atoms with Crippen LogP contribution in [0, 0.1) is 0 Å². The summed E-state index contributed by atoms with van der Waals surface area (Å²) in [4.78, 5) is 17.3. The van der Waals surface area contributed by atoms with Gasteiger partial charge >= 0.3 is 5.97 Å². The molecule has 0 bridgehead atoms. The average molecular weight is 387 g/mol. The highest BCUT2D eigenvalue weighted by Gasteiger charge is 2.10. The molecule has 0 aliphatic heterocycles. The predicted octanol–water partition coefficient (Wildman–Crippen LogP) is 4.65. The number of hydrogen-bond acceptors (Lipinski definition) is 7. The lowest BCUT2D eigenvalue weighted by Crippen LogP contribution is -2.00. The van der Waals surface area contributed by atoms with Gasteiger partial charge in [0.25, 0.3) is 0 Å². The van der Waals surface area contributed by atoms with Crippen molar-refractivity contribution in [2.75, 3.05) is 14.2 Å². The van der Waals surface area contributed by atoms with E-state index in [9.17, 15) is 4.79 Å². The van der Waals surface area contributed by atoms with Gasteiger partial charge in [-0.15, -0.1) is 22.7 Å². The molecule has 0 aliphatic carbocycles. The Balaban J connectivity index is 1.62. The summed E-state index contributed by atoms with van der Waals surface area (Å²) in [5.41, 5.74) is 1.63. The van der Waals surface area contributed by atoms with Crippen molar-refractivity contribution in [1.29, 1.82) is 0 Å². The first-order valence-electron chi connectivity index (χ1n) is 7.74. The molecule has 0 saturated heterocycles. The molecule has 2 aromatic heterocycles. The predicted molar refractivity (Wildman–Crippen MR) is 104 cm³/mol. The summed E-state index contributed by atoms with van der Waals surface area (Å²) >= 11 is 3.04. The zero-order valence-electron chi connectivity index (χ0n) is 14.3. The molecule has 0 N–H and O–H groups in total. The zero-order chi connectivity index (χ0) is 18.4. The van der Waals surface area contributed by atoms with Crippen LogP contribution in [0.5, 0.6) is 11.5 Å². The van der Waals surface area contributed by atoms with Crippen LogP contribution in [-0.4, -0.2) is 25.2 Å². The van der Waals surface area contributed by atoms with Gasteiger partial charge in [-0.25, -0.2) is 9.78 Å². The molecule has 0 amide bonds. The topological polar surface area (TPSA) is 57.7 Å². The highest BCUT2D eigenvalue weighted by atomic mass is 32.1. The van der Waals surface area contributed by atoms with Gasteiger partial charge in [0.05, 0.1) is 19.9 Å². The van der Waals surface area contributed by atoms with E-state index < -0.39 is 0 Å². The van der Waals surface area contributed by atoms with Crippen LogP contribution in [-0.2, 0) is 16.1 Å². The third-order valence-corrected chi connectivity index (χ3v) is 5.25. The minimum absolute atomic E-state index is 0.136. The van der Waals surface area contributed by atoms with E-state index in [4.69, 9.17) is 14.2 Å². The second kappa shape index (κ2) is 8.64. The molecular formula is C19H17NO4S2. The summed E-state index contributed by atoms with van der Waals surface area (Å²) in [5.74, 6) is 0.922. The molecule has 0 atom stereocenters. The van der Waals surface area contributed by atoms with Crippen molar-refractivity contribution >= 4 is 34.7 Å². The largest absolute Gasteiger partial charge is 0.493 e. The highest BCUT2D eigenvalue weighted by Crippen LogP contribution is 2.33. The maximum absolute atomic E-state index is 11.8. The molecule has 0 unspecified atom stereocenters. The first kappa shape index (κ1) is 18.2. The molecule has 0 spiro atoms. The number of nitrogens with zero attached hydrogens (tertiary/aromatic N) is 1. The Morgan fingerprint density at radius 3 is 2.73 bits per heavy atom. The average Bonchev–Trinajstić information content (AvgIpc) is 3.36. The van der Waals surface area contributed by atoms with Crippen molar-refractivity contribution in [3.05, 3.63) is 57.7 Å². The molecule has 7 heteroatoms. The number of ether oxygens (including phenoxy) is 3. The second-order valence-corrected chi connectivity index (χ2v) is 7.01. The summed E-state index contributed by atoms with van der Waals surface area (Å²) in [6.45, 7) is 0.136. The standard InChI is InChI=1S/C19H17NO4S2/c1-22-16-7-5-13(10-17(16)23-2)19-20-14(12-26-19)11-24-18(21)8-6-15-4-3-9-25-15/h3-10,12H,11H2,1-2H3/b8-6+. The Labute approximate surface area is 159 Å². The summed E-state index contributed by atoms with van der Waals surface area (Å²) in [7, 11) is 3.19. The maximum atomic E-state index is 11.8. The van der Waals surface area contributed by atoms with Crippen LogP contribution in [0.3, 0.4) is 0 Å². The molecule has 3 rings (SSSR count). The van der Waals surface area contributed by atoms with Crippen LogP contribution in [0.4, 0.5) is 0 Å². The second-order valence-electron chi connectivity index (χ2n) is 5.17. The van der Waals surface area contributed by atoms with Gasteiger partial charge in [0.15, 0.2) is 11.5 Å². The SMILES string of the molecule is COc1ccc(-c2nc(COC(=O)/C=C/c3cccs3)cs2)cc1OC. The van der Waals surface area contributed by atoms with Gasteiger partial charge < -0.3 is 14.2 Å². The Kier molecular flexibility index (Phi) is 6.04. The highest BCUT2D eigenvalue weighted by molar-refractivity contribution is 7.13. The smallest absolute Gasteiger partial charge is 0.331 e. The number of thiazole rings is 1. The van der Waals surface area contributed by atoms with E-state index in [1.807, 2.05) is 41.1 Å². The fraction of sp³-hybridized carbons (Fsp3) is 0.158. The van der Waals surface area contributed by atoms with Crippen LogP contribution >= 0.6 is 22.7 Å². The van der Waals surface area contributed by atoms with Gasteiger partial charge in [0.2, 0.25) is 0 Å². The van der Waals surface area contributed by atoms with Crippen molar-refractivity contribution < 1.29 is 19.0 Å². The van der Waals surface area contributed by atoms with E-state index >= 15 is 0 Å². The van der Waals surface area contributed by atoms with E-state index in [-0.39, 0.29) is 12.6 Å². The molecule has 2 heterocycles. The van der Waals surface area contributed by atoms with Crippen LogP contribution in [0.25, 0.3) is 16.6 Å². The molecule has 0 aliphatic rings. The first-order valence-corrected chi connectivity index (χ1v) is 9.50. The summed E-state index contributed by atoms with van der Waals surface area (Å²) in [6.07, 6.45) is 3.16. The number of rotatable bonds is 7. The van der Waals surface area contributed by atoms with E-state index in [2.05, 4.69) is 4.98 Å². The number of hydrogen-bond donors (Lipinski definition) is 0. The molecule has 0 saturated carbocycles. The van der Waals surface area contributed by atoms with Gasteiger partial charge in [0.1, 0.15) is 11.6 Å². The van der Waals surface area contributed by atoms with Crippen molar-refractivity contribution in [2.45, 2.75) is 6.61 Å². The van der Waals surface area contributed by atoms with E-state index in [0.29, 0.717) is 17.2 Å². The first-order chi connectivity index (χ1) is 12.7. The molecule has 1 aromatic carbocycles. The van der Waals surface area contributed by atoms with Crippen LogP contribution in [0.2, 0.25) is 0 Å². The molecule has 134 valence electrons. The van der Waals surface area contributed by atoms with Gasteiger partial charge in [-0.1, -0.05) is 6.07 Å². The van der Waals surface area contributed by atoms with Crippen molar-refractivity contribution in [3.8, 4) is 22.1 Å². The fourth-order valence-electron chi connectivity index (χ4n) is 2.20. The minimum atomic E-state index is -0.390. The van der Waals surface area contributed by atoms with Crippen molar-refractivity contribution in [1.82, 2.24) is 4.98 Å². The Morgan fingerprint density at radius 1 is 1.15 bits per heavy atom. The molecule has 26 heavy (non-hydrogen) atoms. The number of carbonyl (C=O) groups is 1. The zero-order valence-corrected chi connectivity index (χ0v) is 15.9. The molecular weight excluding hydrogens is 370 g/mol. The third-order valence-electron chi connectivity index (χ3n) is 3.47. The van der Waals surface area contributed by atoms with Crippen molar-refractivity contribution in [2.24, 2.45) is 0 Å². The van der Waals surface area contributed by atoms with Gasteiger partial charge in [-0.2, -0.15) is 0 Å². The van der Waals surface area contributed by atoms with E-state index in [0.717, 1.165) is 15.4 Å². The van der Waals surface area contributed by atoms with Gasteiger partial charge in [-0.05, 0) is 35.7 Å².